The maximum Gasteiger partial charge on any atom is 0.258 e. The summed E-state index contributed by atoms with van der Waals surface area (Å²) in [5, 5.41) is 17.2. The third-order valence-corrected chi connectivity index (χ3v) is 11.8. The number of pyridine rings is 1. The van der Waals surface area contributed by atoms with E-state index in [0.29, 0.717) is 40.5 Å². The smallest absolute Gasteiger partial charge is 0.258 e. The van der Waals surface area contributed by atoms with E-state index in [1.807, 2.05) is 12.1 Å². The summed E-state index contributed by atoms with van der Waals surface area (Å²) >= 11 is 1.37. The normalized spacial score (nSPS) is 35.0. The van der Waals surface area contributed by atoms with Gasteiger partial charge in [0.25, 0.3) is 5.22 Å². The van der Waals surface area contributed by atoms with Gasteiger partial charge in [0.05, 0.1) is 29.3 Å². The average Bonchev–Trinajstić information content (AvgIpc) is 3.59. The van der Waals surface area contributed by atoms with Gasteiger partial charge in [-0.15, -0.1) is 0 Å². The van der Waals surface area contributed by atoms with Crippen molar-refractivity contribution in [1.29, 1.82) is 0 Å². The van der Waals surface area contributed by atoms with E-state index in [-0.39, 0.29) is 34.0 Å². The van der Waals surface area contributed by atoms with E-state index in [0.717, 1.165) is 32.1 Å². The lowest BCUT2D eigenvalue weighted by atomic mass is 9.46. The molecule has 7 nitrogen and oxygen atoms in total. The molecule has 8 heteroatoms. The second-order valence-corrected chi connectivity index (χ2v) is 15.1. The fraction of sp³-hybridized carbons (Fsp3) is 0.625. The predicted molar refractivity (Wildman–Crippen MR) is 156 cm³/mol. The maximum atomic E-state index is 13.7. The average molecular weight is 561 g/mol. The van der Waals surface area contributed by atoms with Gasteiger partial charge in [-0.1, -0.05) is 31.2 Å². The van der Waals surface area contributed by atoms with Crippen LogP contribution in [0.3, 0.4) is 0 Å². The molecule has 0 bridgehead atoms. The zero-order valence-electron chi connectivity index (χ0n) is 24.2. The van der Waals surface area contributed by atoms with E-state index < -0.39 is 6.10 Å². The first kappa shape index (κ1) is 26.4. The third-order valence-electron chi connectivity index (χ3n) is 10.9. The second-order valence-electron chi connectivity index (χ2n) is 14.2. The Labute approximate surface area is 240 Å². The van der Waals surface area contributed by atoms with Crippen LogP contribution in [0.15, 0.2) is 39.7 Å². The van der Waals surface area contributed by atoms with E-state index in [1.54, 1.807) is 6.20 Å². The molecule has 3 heterocycles. The molecule has 4 aliphatic rings. The zero-order valence-corrected chi connectivity index (χ0v) is 25.0. The Kier molecular flexibility index (Phi) is 5.97. The Morgan fingerprint density at radius 1 is 1.25 bits per heavy atom. The number of allylic oxidation sites excluding steroid dienone is 1. The topological polar surface area (TPSA) is 94.0 Å². The summed E-state index contributed by atoms with van der Waals surface area (Å²) in [5.74, 6) is 1.68. The Bertz CT molecular complexity index is 1480. The number of aliphatic hydroxyl groups is 1. The molecule has 0 aromatic carbocycles. The first-order valence-electron chi connectivity index (χ1n) is 14.8. The number of thioether (sulfide) groups is 1. The number of aromatic nitrogens is 4. The fourth-order valence-electron chi connectivity index (χ4n) is 9.29. The number of carbonyl (C=O) groups is 1. The van der Waals surface area contributed by atoms with Crippen LogP contribution in [0.2, 0.25) is 0 Å². The van der Waals surface area contributed by atoms with E-state index in [1.165, 1.54) is 28.6 Å². The van der Waals surface area contributed by atoms with Gasteiger partial charge in [-0.3, -0.25) is 9.48 Å². The summed E-state index contributed by atoms with van der Waals surface area (Å²) in [7, 11) is 0. The van der Waals surface area contributed by atoms with Crippen LogP contribution in [-0.2, 0) is 16.8 Å². The van der Waals surface area contributed by atoms with Gasteiger partial charge >= 0.3 is 0 Å². The van der Waals surface area contributed by atoms with Gasteiger partial charge in [0.2, 0.25) is 0 Å². The number of oxazole rings is 1. The first-order chi connectivity index (χ1) is 19.0. The zero-order chi connectivity index (χ0) is 28.0. The number of fused-ring (bicyclic) bond motifs is 7. The summed E-state index contributed by atoms with van der Waals surface area (Å²) in [6.07, 6.45) is 11.5. The Hall–Kier alpha value is -2.45. The molecule has 3 fully saturated rings. The Morgan fingerprint density at radius 3 is 2.85 bits per heavy atom. The van der Waals surface area contributed by atoms with Gasteiger partial charge in [-0.25, -0.2) is 4.98 Å². The van der Waals surface area contributed by atoms with E-state index in [2.05, 4.69) is 61.5 Å². The summed E-state index contributed by atoms with van der Waals surface area (Å²) in [6.45, 7) is 11.3. The monoisotopic (exact) mass is 560 g/mol. The van der Waals surface area contributed by atoms with Gasteiger partial charge in [0.1, 0.15) is 5.78 Å². The third kappa shape index (κ3) is 3.88. The molecule has 212 valence electrons. The van der Waals surface area contributed by atoms with Crippen LogP contribution < -0.4 is 0 Å². The van der Waals surface area contributed by atoms with E-state index >= 15 is 0 Å². The van der Waals surface area contributed by atoms with Gasteiger partial charge in [0, 0.05) is 12.1 Å². The van der Waals surface area contributed by atoms with E-state index in [9.17, 15) is 9.90 Å². The molecule has 4 aliphatic carbocycles. The minimum absolute atomic E-state index is 0.0316. The quantitative estimate of drug-likeness (QED) is 0.374. The second kappa shape index (κ2) is 9.02. The molecule has 0 aliphatic heterocycles. The summed E-state index contributed by atoms with van der Waals surface area (Å²) in [4.78, 5) is 22.3. The lowest BCUT2D eigenvalue weighted by Gasteiger charge is -2.59. The number of aliphatic hydroxyl groups excluding tert-OH is 1. The number of nitrogens with zero attached hydrogens (tertiary/aromatic N) is 4. The molecule has 3 aromatic rings. The van der Waals surface area contributed by atoms with Gasteiger partial charge < -0.3 is 9.52 Å². The molecule has 3 aromatic heterocycles. The van der Waals surface area contributed by atoms with Crippen molar-refractivity contribution in [2.45, 2.75) is 90.0 Å². The van der Waals surface area contributed by atoms with Crippen molar-refractivity contribution in [1.82, 2.24) is 19.7 Å². The van der Waals surface area contributed by atoms with Crippen LogP contribution in [0, 0.1) is 34.5 Å². The highest BCUT2D eigenvalue weighted by Crippen LogP contribution is 2.66. The van der Waals surface area contributed by atoms with Gasteiger partial charge in [0.15, 0.2) is 11.2 Å². The standard InChI is InChI=1S/C32H40N4O3S/c1-30(2,3)36-23-13-19-8-9-20-21-10-11-22(25(38)17-40-29-35-28-26(39-29)7-6-12-33-28)32(21,5)15-24(37)27(20)31(19,4)14-18(23)16-34-36/h6-7,12-13,16,20-22,24,27,37H,8-11,14-15,17H2,1-5H3. The maximum absolute atomic E-state index is 13.7. The Balaban J connectivity index is 1.11. The van der Waals surface area contributed by atoms with Crippen LogP contribution in [0.1, 0.15) is 78.0 Å². The molecule has 0 radical (unpaired) electrons. The van der Waals surface area contributed by atoms with Crippen LogP contribution in [0.25, 0.3) is 17.3 Å². The lowest BCUT2D eigenvalue weighted by Crippen LogP contribution is -2.57. The largest absolute Gasteiger partial charge is 0.430 e. The van der Waals surface area contributed by atoms with Crippen LogP contribution in [-0.4, -0.2) is 42.5 Å². The summed E-state index contributed by atoms with van der Waals surface area (Å²) in [6, 6.07) is 3.67. The molecular formula is C32H40N4O3S. The fourth-order valence-corrected chi connectivity index (χ4v) is 10.1. The number of Topliss-reactive ketones (excluding diaryl/α,β-unsaturated/α-hetero) is 1. The molecule has 1 N–H and O–H groups in total. The number of hydrogen-bond donors (Lipinski definition) is 1. The van der Waals surface area contributed by atoms with Crippen LogP contribution >= 0.6 is 11.8 Å². The minimum Gasteiger partial charge on any atom is -0.430 e. The highest BCUT2D eigenvalue weighted by molar-refractivity contribution is 7.99. The van der Waals surface area contributed by atoms with Gasteiger partial charge in [-0.2, -0.15) is 10.1 Å². The predicted octanol–water partition coefficient (Wildman–Crippen LogP) is 6.30. The van der Waals surface area contributed by atoms with Crippen LogP contribution in [0.4, 0.5) is 0 Å². The molecule has 3 saturated carbocycles. The molecular weight excluding hydrogens is 520 g/mol. The van der Waals surface area contributed by atoms with Crippen molar-refractivity contribution >= 4 is 34.9 Å². The van der Waals surface area contributed by atoms with Gasteiger partial charge in [-0.05, 0) is 112 Å². The molecule has 40 heavy (non-hydrogen) atoms. The highest BCUT2D eigenvalue weighted by Gasteiger charge is 2.63. The molecule has 0 spiro atoms. The van der Waals surface area contributed by atoms with Crippen molar-refractivity contribution < 1.29 is 14.3 Å². The highest BCUT2D eigenvalue weighted by atomic mass is 32.2. The SMILES string of the molecule is CC12Cc3cnn(C(C)(C)C)c3C=C1CCC1C2C(O)CC2(C)C(C(=O)CSc3nc4ncccc4o3)CCC12. The van der Waals surface area contributed by atoms with Crippen molar-refractivity contribution in [3.05, 3.63) is 41.4 Å². The Morgan fingerprint density at radius 2 is 2.08 bits per heavy atom. The van der Waals surface area contributed by atoms with Crippen molar-refractivity contribution in [2.75, 3.05) is 5.75 Å². The van der Waals surface area contributed by atoms with E-state index in [4.69, 9.17) is 9.52 Å². The number of hydrogen-bond acceptors (Lipinski definition) is 7. The number of carbonyl (C=O) groups excluding carboxylic acids is 1. The lowest BCUT2D eigenvalue weighted by molar-refractivity contribution is -0.140. The van der Waals surface area contributed by atoms with Crippen molar-refractivity contribution in [3.8, 4) is 0 Å². The minimum atomic E-state index is -0.414. The molecule has 7 atom stereocenters. The van der Waals surface area contributed by atoms with Crippen molar-refractivity contribution in [3.63, 3.8) is 0 Å². The molecule has 7 unspecified atom stereocenters. The number of rotatable bonds is 4. The summed E-state index contributed by atoms with van der Waals surface area (Å²) < 4.78 is 7.96. The van der Waals surface area contributed by atoms with Crippen molar-refractivity contribution in [2.24, 2.45) is 34.5 Å². The summed E-state index contributed by atoms with van der Waals surface area (Å²) in [5.41, 5.74) is 4.93. The molecule has 0 saturated heterocycles. The first-order valence-corrected chi connectivity index (χ1v) is 15.8. The number of ketones is 1. The molecule has 0 amide bonds. The molecule has 7 rings (SSSR count). The van der Waals surface area contributed by atoms with Crippen LogP contribution in [0.5, 0.6) is 0 Å².